The van der Waals surface area contributed by atoms with Gasteiger partial charge in [-0.05, 0) is 24.6 Å². The van der Waals surface area contributed by atoms with Crippen LogP contribution in [0.5, 0.6) is 0 Å². The highest BCUT2D eigenvalue weighted by Crippen LogP contribution is 2.37. The van der Waals surface area contributed by atoms with Crippen molar-refractivity contribution in [1.82, 2.24) is 20.3 Å². The lowest BCUT2D eigenvalue weighted by Gasteiger charge is -2.18. The van der Waals surface area contributed by atoms with Gasteiger partial charge in [0.1, 0.15) is 12.1 Å². The number of hydrogen-bond acceptors (Lipinski definition) is 6. The Morgan fingerprint density at radius 2 is 2.16 bits per heavy atom. The predicted octanol–water partition coefficient (Wildman–Crippen LogP) is 0.780. The van der Waals surface area contributed by atoms with Crippen LogP contribution in [0.3, 0.4) is 0 Å². The minimum Gasteiger partial charge on any atom is -0.397 e. The molecule has 5 N–H and O–H groups in total. The van der Waals surface area contributed by atoms with Gasteiger partial charge in [-0.15, -0.1) is 0 Å². The van der Waals surface area contributed by atoms with Crippen LogP contribution in [0.4, 0.5) is 11.5 Å². The average molecular weight is 256 g/mol. The van der Waals surface area contributed by atoms with Gasteiger partial charge in [-0.2, -0.15) is 0 Å². The fourth-order valence-electron chi connectivity index (χ4n) is 2.60. The van der Waals surface area contributed by atoms with Crippen molar-refractivity contribution in [3.8, 4) is 11.3 Å². The molecule has 0 aromatic carbocycles. The van der Waals surface area contributed by atoms with E-state index in [2.05, 4.69) is 20.3 Å². The third-order valence-electron chi connectivity index (χ3n) is 3.49. The molecular formula is C13H16N6. The first-order chi connectivity index (χ1) is 9.27. The van der Waals surface area contributed by atoms with Crippen molar-refractivity contribution in [3.05, 3.63) is 30.4 Å². The van der Waals surface area contributed by atoms with Crippen LogP contribution in [0.15, 0.2) is 24.8 Å². The predicted molar refractivity (Wildman–Crippen MR) is 74.3 cm³/mol. The Labute approximate surface area is 111 Å². The number of nitrogens with zero attached hydrogens (tertiary/aromatic N) is 3. The van der Waals surface area contributed by atoms with Gasteiger partial charge in [0, 0.05) is 24.2 Å². The van der Waals surface area contributed by atoms with Gasteiger partial charge in [-0.1, -0.05) is 0 Å². The average Bonchev–Trinajstić information content (AvgIpc) is 2.96. The van der Waals surface area contributed by atoms with Crippen LogP contribution in [0.25, 0.3) is 11.3 Å². The van der Waals surface area contributed by atoms with Gasteiger partial charge in [-0.3, -0.25) is 0 Å². The van der Waals surface area contributed by atoms with E-state index in [0.29, 0.717) is 17.4 Å². The second kappa shape index (κ2) is 4.81. The Kier molecular flexibility index (Phi) is 3.00. The third-order valence-corrected chi connectivity index (χ3v) is 3.49. The molecule has 1 aliphatic heterocycles. The van der Waals surface area contributed by atoms with Gasteiger partial charge < -0.3 is 16.8 Å². The Morgan fingerprint density at radius 1 is 1.26 bits per heavy atom. The molecule has 0 aliphatic carbocycles. The molecule has 1 saturated heterocycles. The first kappa shape index (κ1) is 11.9. The summed E-state index contributed by atoms with van der Waals surface area (Å²) in [7, 11) is 0. The lowest BCUT2D eigenvalue weighted by molar-refractivity contribution is 0.766. The maximum Gasteiger partial charge on any atom is 0.133 e. The van der Waals surface area contributed by atoms with Crippen LogP contribution in [-0.2, 0) is 0 Å². The maximum absolute atomic E-state index is 6.12. The normalized spacial score (nSPS) is 18.6. The van der Waals surface area contributed by atoms with Crippen LogP contribution >= 0.6 is 0 Å². The van der Waals surface area contributed by atoms with Crippen molar-refractivity contribution in [2.24, 2.45) is 0 Å². The molecule has 0 bridgehead atoms. The van der Waals surface area contributed by atoms with Crippen LogP contribution in [0.2, 0.25) is 0 Å². The summed E-state index contributed by atoms with van der Waals surface area (Å²) in [6.45, 7) is 1.90. The zero-order valence-corrected chi connectivity index (χ0v) is 10.5. The summed E-state index contributed by atoms with van der Waals surface area (Å²) in [5, 5.41) is 3.35. The minimum absolute atomic E-state index is 0.357. The standard InChI is InChI=1S/C13H16N6/c14-9-6-18-13(15)12(10-2-4-17-7-19-10)11(9)8-1-3-16-5-8/h2,4,6-8,16H,1,3,5,14H2,(H2,15,18). The van der Waals surface area contributed by atoms with Crippen molar-refractivity contribution in [2.45, 2.75) is 12.3 Å². The fourth-order valence-corrected chi connectivity index (χ4v) is 2.60. The molecule has 2 aromatic rings. The van der Waals surface area contributed by atoms with Gasteiger partial charge >= 0.3 is 0 Å². The zero-order valence-electron chi connectivity index (χ0n) is 10.5. The summed E-state index contributed by atoms with van der Waals surface area (Å²) < 4.78 is 0. The lowest BCUT2D eigenvalue weighted by Crippen LogP contribution is -2.12. The summed E-state index contributed by atoms with van der Waals surface area (Å²) in [5.41, 5.74) is 15.5. The van der Waals surface area contributed by atoms with E-state index in [1.807, 2.05) is 6.07 Å². The molecule has 1 unspecified atom stereocenters. The highest BCUT2D eigenvalue weighted by molar-refractivity contribution is 5.79. The van der Waals surface area contributed by atoms with Crippen molar-refractivity contribution in [3.63, 3.8) is 0 Å². The second-order valence-corrected chi connectivity index (χ2v) is 4.67. The van der Waals surface area contributed by atoms with Gasteiger partial charge in [0.15, 0.2) is 0 Å². The van der Waals surface area contributed by atoms with E-state index in [9.17, 15) is 0 Å². The number of aromatic nitrogens is 3. The van der Waals surface area contributed by atoms with E-state index < -0.39 is 0 Å². The van der Waals surface area contributed by atoms with E-state index >= 15 is 0 Å². The van der Waals surface area contributed by atoms with Gasteiger partial charge in [0.05, 0.1) is 17.6 Å². The Bertz CT molecular complexity index is 577. The number of hydrogen-bond donors (Lipinski definition) is 3. The summed E-state index contributed by atoms with van der Waals surface area (Å²) in [4.78, 5) is 12.4. The number of nitrogen functional groups attached to an aromatic ring is 2. The van der Waals surface area contributed by atoms with Crippen molar-refractivity contribution in [2.75, 3.05) is 24.6 Å². The van der Waals surface area contributed by atoms with Gasteiger partial charge in [-0.25, -0.2) is 15.0 Å². The van der Waals surface area contributed by atoms with Crippen molar-refractivity contribution < 1.29 is 0 Å². The fraction of sp³-hybridized carbons (Fsp3) is 0.308. The highest BCUT2D eigenvalue weighted by atomic mass is 14.9. The van der Waals surface area contributed by atoms with Crippen molar-refractivity contribution in [1.29, 1.82) is 0 Å². The molecule has 1 fully saturated rings. The molecule has 98 valence electrons. The van der Waals surface area contributed by atoms with Crippen LogP contribution in [0, 0.1) is 0 Å². The molecule has 1 atom stereocenters. The molecule has 0 spiro atoms. The van der Waals surface area contributed by atoms with Gasteiger partial charge in [0.25, 0.3) is 0 Å². The van der Waals surface area contributed by atoms with E-state index in [4.69, 9.17) is 11.5 Å². The number of anilines is 2. The Balaban J connectivity index is 2.19. The highest BCUT2D eigenvalue weighted by Gasteiger charge is 2.25. The third kappa shape index (κ3) is 2.10. The molecule has 0 saturated carbocycles. The molecule has 0 radical (unpaired) electrons. The quantitative estimate of drug-likeness (QED) is 0.733. The topological polar surface area (TPSA) is 103 Å². The van der Waals surface area contributed by atoms with Crippen LogP contribution < -0.4 is 16.8 Å². The van der Waals surface area contributed by atoms with E-state index in [0.717, 1.165) is 36.3 Å². The van der Waals surface area contributed by atoms with E-state index in [-0.39, 0.29) is 0 Å². The molecule has 19 heavy (non-hydrogen) atoms. The van der Waals surface area contributed by atoms with Crippen molar-refractivity contribution >= 4 is 11.5 Å². The number of rotatable bonds is 2. The molecular weight excluding hydrogens is 240 g/mol. The summed E-state index contributed by atoms with van der Waals surface area (Å²) in [6.07, 6.45) is 5.88. The van der Waals surface area contributed by atoms with E-state index in [1.165, 1.54) is 6.33 Å². The van der Waals surface area contributed by atoms with E-state index in [1.54, 1.807) is 12.4 Å². The number of pyridine rings is 1. The Hall–Kier alpha value is -2.21. The molecule has 6 nitrogen and oxygen atoms in total. The monoisotopic (exact) mass is 256 g/mol. The number of nitrogens with two attached hydrogens (primary N) is 2. The van der Waals surface area contributed by atoms with Crippen LogP contribution in [-0.4, -0.2) is 28.0 Å². The van der Waals surface area contributed by atoms with Crippen LogP contribution in [0.1, 0.15) is 17.9 Å². The lowest BCUT2D eigenvalue weighted by atomic mass is 9.91. The first-order valence-electron chi connectivity index (χ1n) is 6.28. The summed E-state index contributed by atoms with van der Waals surface area (Å²) in [6, 6.07) is 1.83. The summed E-state index contributed by atoms with van der Waals surface area (Å²) >= 11 is 0. The molecule has 3 rings (SSSR count). The largest absolute Gasteiger partial charge is 0.397 e. The molecule has 6 heteroatoms. The molecule has 0 amide bonds. The number of nitrogens with one attached hydrogen (secondary N) is 1. The molecule has 3 heterocycles. The smallest absolute Gasteiger partial charge is 0.133 e. The molecule has 2 aromatic heterocycles. The second-order valence-electron chi connectivity index (χ2n) is 4.67. The molecule has 1 aliphatic rings. The Morgan fingerprint density at radius 3 is 2.84 bits per heavy atom. The maximum atomic E-state index is 6.12. The minimum atomic E-state index is 0.357. The summed E-state index contributed by atoms with van der Waals surface area (Å²) in [5.74, 6) is 0.824. The SMILES string of the molecule is Nc1cnc(N)c(-c2ccncn2)c1C1CCNC1. The zero-order chi connectivity index (χ0) is 13.2. The first-order valence-corrected chi connectivity index (χ1v) is 6.28. The van der Waals surface area contributed by atoms with Gasteiger partial charge in [0.2, 0.25) is 0 Å².